The molecule has 0 atom stereocenters. The molecule has 2 heterocycles. The van der Waals surface area contributed by atoms with Gasteiger partial charge in [-0.1, -0.05) is 35.9 Å². The minimum absolute atomic E-state index is 0.211. The van der Waals surface area contributed by atoms with Crippen LogP contribution in [0.1, 0.15) is 5.56 Å². The van der Waals surface area contributed by atoms with Crippen molar-refractivity contribution in [3.63, 3.8) is 0 Å². The lowest BCUT2D eigenvalue weighted by molar-refractivity contribution is -0.115. The van der Waals surface area contributed by atoms with Crippen molar-refractivity contribution in [2.24, 2.45) is 4.99 Å². The number of hydrogen-bond acceptors (Lipinski definition) is 5. The molecule has 2 aromatic carbocycles. The van der Waals surface area contributed by atoms with Crippen LogP contribution in [0.5, 0.6) is 0 Å². The Bertz CT molecular complexity index is 977. The number of aromatic nitrogens is 1. The number of carbonyl (C=O) groups is 1. The fourth-order valence-electron chi connectivity index (χ4n) is 2.22. The molecule has 1 fully saturated rings. The number of carbonyl (C=O) groups excluding carboxylic acids is 1. The first kappa shape index (κ1) is 15.0. The highest BCUT2D eigenvalue weighted by atomic mass is 35.5. The summed E-state index contributed by atoms with van der Waals surface area (Å²) in [7, 11) is 0. The Morgan fingerprint density at radius 3 is 2.92 bits per heavy atom. The maximum Gasteiger partial charge on any atom is 0.325 e. The van der Waals surface area contributed by atoms with Crippen molar-refractivity contribution in [1.82, 2.24) is 10.3 Å². The normalized spacial score (nSPS) is 17.8. The third kappa shape index (κ3) is 3.06. The summed E-state index contributed by atoms with van der Waals surface area (Å²) >= 11 is 7.19. The van der Waals surface area contributed by atoms with Crippen molar-refractivity contribution in [3.05, 3.63) is 64.0 Å². The highest BCUT2D eigenvalue weighted by molar-refractivity contribution is 8.18. The molecule has 0 saturated carbocycles. The van der Waals surface area contributed by atoms with Gasteiger partial charge in [-0.3, -0.25) is 4.79 Å². The molecule has 1 aliphatic rings. The van der Waals surface area contributed by atoms with Gasteiger partial charge in [0, 0.05) is 5.02 Å². The van der Waals surface area contributed by atoms with E-state index in [1.807, 2.05) is 36.4 Å². The summed E-state index contributed by atoms with van der Waals surface area (Å²) in [6.07, 6.45) is 1.76. The molecule has 0 aliphatic carbocycles. The Morgan fingerprint density at radius 1 is 1.21 bits per heavy atom. The first-order chi connectivity index (χ1) is 11.7. The number of halogens is 1. The molecule has 1 saturated heterocycles. The van der Waals surface area contributed by atoms with Crippen LogP contribution in [0.15, 0.2) is 62.8 Å². The van der Waals surface area contributed by atoms with Gasteiger partial charge in [-0.05, 0) is 47.7 Å². The number of rotatable bonds is 2. The minimum atomic E-state index is -0.213. The standard InChI is InChI=1S/C17H10ClN3O2S/c18-11-5-3-4-10(8-11)9-14-15(22)20-17(24-14)21-16-19-12-6-1-2-7-13(12)23-16/h1-9H,(H,19,20,21,22)/b14-9-. The second-order valence-corrected chi connectivity index (χ2v) is 6.47. The zero-order chi connectivity index (χ0) is 16.5. The van der Waals surface area contributed by atoms with Crippen LogP contribution in [-0.4, -0.2) is 16.1 Å². The van der Waals surface area contributed by atoms with Gasteiger partial charge in [0.1, 0.15) is 5.52 Å². The molecule has 1 N–H and O–H groups in total. The van der Waals surface area contributed by atoms with Crippen LogP contribution in [0.4, 0.5) is 6.01 Å². The van der Waals surface area contributed by atoms with Crippen LogP contribution in [0.2, 0.25) is 5.02 Å². The summed E-state index contributed by atoms with van der Waals surface area (Å²) in [5.74, 6) is -0.213. The molecule has 24 heavy (non-hydrogen) atoms. The summed E-state index contributed by atoms with van der Waals surface area (Å²) in [5.41, 5.74) is 2.23. The third-order valence-electron chi connectivity index (χ3n) is 3.28. The highest BCUT2D eigenvalue weighted by Crippen LogP contribution is 2.29. The molecule has 5 nitrogen and oxygen atoms in total. The van der Waals surface area contributed by atoms with E-state index in [4.69, 9.17) is 16.0 Å². The average Bonchev–Trinajstić information content (AvgIpc) is 3.10. The van der Waals surface area contributed by atoms with E-state index in [1.165, 1.54) is 11.8 Å². The van der Waals surface area contributed by atoms with Gasteiger partial charge >= 0.3 is 6.01 Å². The van der Waals surface area contributed by atoms with Crippen molar-refractivity contribution in [2.45, 2.75) is 0 Å². The van der Waals surface area contributed by atoms with E-state index in [0.29, 0.717) is 20.7 Å². The predicted molar refractivity (Wildman–Crippen MR) is 96.3 cm³/mol. The Morgan fingerprint density at radius 2 is 2.08 bits per heavy atom. The van der Waals surface area contributed by atoms with E-state index in [0.717, 1.165) is 11.1 Å². The number of amidine groups is 1. The molecule has 3 aromatic rings. The summed E-state index contributed by atoms with van der Waals surface area (Å²) in [4.78, 5) is 21.1. The van der Waals surface area contributed by atoms with E-state index in [2.05, 4.69) is 15.3 Å². The predicted octanol–water partition coefficient (Wildman–Crippen LogP) is 4.37. The van der Waals surface area contributed by atoms with Crippen molar-refractivity contribution in [2.75, 3.05) is 0 Å². The van der Waals surface area contributed by atoms with Gasteiger partial charge in [0.05, 0.1) is 4.91 Å². The quantitative estimate of drug-likeness (QED) is 0.693. The topological polar surface area (TPSA) is 67.5 Å². The first-order valence-corrected chi connectivity index (χ1v) is 8.27. The van der Waals surface area contributed by atoms with Crippen molar-refractivity contribution in [3.8, 4) is 0 Å². The Kier molecular flexibility index (Phi) is 3.84. The molecule has 0 spiro atoms. The number of thioether (sulfide) groups is 1. The second kappa shape index (κ2) is 6.14. The molecular formula is C17H10ClN3O2S. The van der Waals surface area contributed by atoms with Crippen LogP contribution < -0.4 is 5.32 Å². The number of aliphatic imine (C=N–C) groups is 1. The van der Waals surface area contributed by atoms with Gasteiger partial charge in [0.2, 0.25) is 0 Å². The lowest BCUT2D eigenvalue weighted by Gasteiger charge is -1.95. The van der Waals surface area contributed by atoms with Crippen molar-refractivity contribution >= 4 is 57.6 Å². The number of amides is 1. The van der Waals surface area contributed by atoms with E-state index >= 15 is 0 Å². The molecule has 0 unspecified atom stereocenters. The molecule has 118 valence electrons. The van der Waals surface area contributed by atoms with Crippen molar-refractivity contribution < 1.29 is 9.21 Å². The van der Waals surface area contributed by atoms with Crippen LogP contribution in [0.25, 0.3) is 17.2 Å². The Balaban J connectivity index is 1.61. The zero-order valence-electron chi connectivity index (χ0n) is 12.2. The maximum atomic E-state index is 12.1. The number of benzene rings is 2. The minimum Gasteiger partial charge on any atom is -0.422 e. The fraction of sp³-hybridized carbons (Fsp3) is 0. The molecule has 7 heteroatoms. The number of fused-ring (bicyclic) bond motifs is 1. The Labute approximate surface area is 146 Å². The van der Waals surface area contributed by atoms with E-state index < -0.39 is 0 Å². The zero-order valence-corrected chi connectivity index (χ0v) is 13.8. The molecule has 4 rings (SSSR count). The number of para-hydroxylation sites is 2. The average molecular weight is 356 g/mol. The third-order valence-corrected chi connectivity index (χ3v) is 4.42. The van der Waals surface area contributed by atoms with Gasteiger partial charge in [-0.15, -0.1) is 0 Å². The smallest absolute Gasteiger partial charge is 0.325 e. The molecule has 0 bridgehead atoms. The van der Waals surface area contributed by atoms with Gasteiger partial charge in [-0.2, -0.15) is 9.98 Å². The lowest BCUT2D eigenvalue weighted by atomic mass is 10.2. The fourth-order valence-corrected chi connectivity index (χ4v) is 3.24. The highest BCUT2D eigenvalue weighted by Gasteiger charge is 2.24. The lowest BCUT2D eigenvalue weighted by Crippen LogP contribution is -2.19. The number of nitrogens with one attached hydrogen (secondary N) is 1. The largest absolute Gasteiger partial charge is 0.422 e. The number of hydrogen-bond donors (Lipinski definition) is 1. The Hall–Kier alpha value is -2.57. The monoisotopic (exact) mass is 355 g/mol. The van der Waals surface area contributed by atoms with Crippen molar-refractivity contribution in [1.29, 1.82) is 0 Å². The molecule has 1 aromatic heterocycles. The van der Waals surface area contributed by atoms with Gasteiger partial charge in [0.15, 0.2) is 10.8 Å². The summed E-state index contributed by atoms with van der Waals surface area (Å²) in [5, 5.41) is 3.75. The molecule has 1 aliphatic heterocycles. The molecular weight excluding hydrogens is 346 g/mol. The number of oxazole rings is 1. The van der Waals surface area contributed by atoms with Gasteiger partial charge in [0.25, 0.3) is 5.91 Å². The van der Waals surface area contributed by atoms with Gasteiger partial charge < -0.3 is 9.73 Å². The second-order valence-electron chi connectivity index (χ2n) is 5.00. The summed E-state index contributed by atoms with van der Waals surface area (Å²) in [6, 6.07) is 14.9. The van der Waals surface area contributed by atoms with Crippen LogP contribution in [0, 0.1) is 0 Å². The van der Waals surface area contributed by atoms with Gasteiger partial charge in [-0.25, -0.2) is 0 Å². The van der Waals surface area contributed by atoms with E-state index in [1.54, 1.807) is 18.2 Å². The van der Waals surface area contributed by atoms with Crippen LogP contribution in [-0.2, 0) is 4.79 Å². The summed E-state index contributed by atoms with van der Waals surface area (Å²) < 4.78 is 5.53. The maximum absolute atomic E-state index is 12.1. The summed E-state index contributed by atoms with van der Waals surface area (Å²) in [6.45, 7) is 0. The van der Waals surface area contributed by atoms with E-state index in [-0.39, 0.29) is 11.9 Å². The SMILES string of the molecule is O=C1N/C(=N\c2nc3ccccc3o2)S/C1=C\c1cccc(Cl)c1. The van der Waals surface area contributed by atoms with E-state index in [9.17, 15) is 4.79 Å². The van der Waals surface area contributed by atoms with Crippen LogP contribution >= 0.6 is 23.4 Å². The number of nitrogens with zero attached hydrogens (tertiary/aromatic N) is 2. The van der Waals surface area contributed by atoms with Crippen LogP contribution in [0.3, 0.4) is 0 Å². The molecule has 0 radical (unpaired) electrons. The first-order valence-electron chi connectivity index (χ1n) is 7.08. The molecule has 1 amide bonds.